The van der Waals surface area contributed by atoms with Gasteiger partial charge >= 0.3 is 6.18 Å². The van der Waals surface area contributed by atoms with Crippen molar-refractivity contribution in [3.05, 3.63) is 24.5 Å². The molecule has 0 spiro atoms. The van der Waals surface area contributed by atoms with E-state index in [-0.39, 0.29) is 4.90 Å². The summed E-state index contributed by atoms with van der Waals surface area (Å²) in [5.41, 5.74) is 0. The highest BCUT2D eigenvalue weighted by atomic mass is 32.2. The van der Waals surface area contributed by atoms with E-state index in [9.17, 15) is 21.6 Å². The van der Waals surface area contributed by atoms with Crippen LogP contribution in [0.4, 0.5) is 13.2 Å². The van der Waals surface area contributed by atoms with E-state index >= 15 is 0 Å². The van der Waals surface area contributed by atoms with Crippen LogP contribution in [0, 0.1) is 0 Å². The van der Waals surface area contributed by atoms with Crippen molar-refractivity contribution in [2.45, 2.75) is 11.1 Å². The lowest BCUT2D eigenvalue weighted by Crippen LogP contribution is -2.29. The van der Waals surface area contributed by atoms with E-state index in [2.05, 4.69) is 9.82 Å². The number of pyridine rings is 1. The summed E-state index contributed by atoms with van der Waals surface area (Å²) in [6, 6.07) is 2.50. The molecule has 1 N–H and O–H groups in total. The molecule has 0 fully saturated rings. The van der Waals surface area contributed by atoms with E-state index in [1.54, 1.807) is 0 Å². The van der Waals surface area contributed by atoms with Crippen LogP contribution in [0.3, 0.4) is 0 Å². The molecular weight excluding hydrogens is 249 g/mol. The predicted molar refractivity (Wildman–Crippen MR) is 46.6 cm³/mol. The van der Waals surface area contributed by atoms with Gasteiger partial charge in [-0.1, -0.05) is 4.89 Å². The molecule has 0 unspecified atom stereocenters. The average molecular weight is 256 g/mol. The van der Waals surface area contributed by atoms with Crippen molar-refractivity contribution in [1.29, 1.82) is 0 Å². The van der Waals surface area contributed by atoms with E-state index in [4.69, 9.17) is 0 Å². The Bertz CT molecular complexity index is 432. The molecule has 0 radical (unpaired) electrons. The van der Waals surface area contributed by atoms with Crippen LogP contribution < -0.4 is 4.89 Å². The van der Waals surface area contributed by atoms with Crippen LogP contribution in [0.1, 0.15) is 0 Å². The molecule has 1 aromatic rings. The standard InChI is InChI=1S/C7H7F3N2O3S/c8-7(9,10)5-15-12-16(13,14)6-2-1-3-11-4-6/h1-4,12H,5H2. The maximum atomic E-state index is 11.7. The Balaban J connectivity index is 2.61. The van der Waals surface area contributed by atoms with Gasteiger partial charge in [0.05, 0.1) is 0 Å². The van der Waals surface area contributed by atoms with Gasteiger partial charge in [-0.15, -0.1) is 0 Å². The first-order valence-electron chi connectivity index (χ1n) is 3.92. The van der Waals surface area contributed by atoms with Gasteiger partial charge in [-0.05, 0) is 12.1 Å². The maximum absolute atomic E-state index is 11.7. The molecule has 0 amide bonds. The normalized spacial score (nSPS) is 12.7. The first-order chi connectivity index (χ1) is 7.31. The lowest BCUT2D eigenvalue weighted by molar-refractivity contribution is -0.181. The number of halogens is 3. The van der Waals surface area contributed by atoms with Gasteiger partial charge < -0.3 is 0 Å². The van der Waals surface area contributed by atoms with E-state index < -0.39 is 22.8 Å². The topological polar surface area (TPSA) is 68.3 Å². The first kappa shape index (κ1) is 12.9. The number of sulfonamides is 1. The van der Waals surface area contributed by atoms with Gasteiger partial charge in [0.25, 0.3) is 10.0 Å². The molecule has 0 saturated carbocycles. The second-order valence-corrected chi connectivity index (χ2v) is 4.32. The highest BCUT2D eigenvalue weighted by Crippen LogP contribution is 2.14. The van der Waals surface area contributed by atoms with Crippen molar-refractivity contribution in [2.24, 2.45) is 0 Å². The summed E-state index contributed by atoms with van der Waals surface area (Å²) in [4.78, 5) is 8.40. The number of nitrogens with zero attached hydrogens (tertiary/aromatic N) is 1. The van der Waals surface area contributed by atoms with Crippen LogP contribution in [-0.4, -0.2) is 26.2 Å². The van der Waals surface area contributed by atoms with Crippen molar-refractivity contribution in [3.63, 3.8) is 0 Å². The minimum absolute atomic E-state index is 0.280. The molecule has 16 heavy (non-hydrogen) atoms. The van der Waals surface area contributed by atoms with Crippen LogP contribution in [0.2, 0.25) is 0 Å². The molecule has 90 valence electrons. The highest BCUT2D eigenvalue weighted by molar-refractivity contribution is 7.89. The zero-order chi connectivity index (χ0) is 12.2. The van der Waals surface area contributed by atoms with E-state index in [1.165, 1.54) is 23.2 Å². The second-order valence-electron chi connectivity index (χ2n) is 2.68. The van der Waals surface area contributed by atoms with E-state index in [1.807, 2.05) is 0 Å². The van der Waals surface area contributed by atoms with Gasteiger partial charge in [-0.2, -0.15) is 13.2 Å². The van der Waals surface area contributed by atoms with E-state index in [0.717, 1.165) is 6.20 Å². The monoisotopic (exact) mass is 256 g/mol. The van der Waals surface area contributed by atoms with Crippen molar-refractivity contribution in [2.75, 3.05) is 6.61 Å². The number of nitrogens with one attached hydrogen (secondary N) is 1. The third-order valence-corrected chi connectivity index (χ3v) is 2.55. The minimum Gasteiger partial charge on any atom is -0.277 e. The van der Waals surface area contributed by atoms with Crippen molar-refractivity contribution < 1.29 is 26.4 Å². The Hall–Kier alpha value is -1.19. The summed E-state index contributed by atoms with van der Waals surface area (Å²) in [6.45, 7) is -1.70. The van der Waals surface area contributed by atoms with Crippen LogP contribution in [0.15, 0.2) is 29.4 Å². The molecule has 0 saturated heterocycles. The largest absolute Gasteiger partial charge is 0.413 e. The fourth-order valence-corrected chi connectivity index (χ4v) is 1.51. The third kappa shape index (κ3) is 4.13. The van der Waals surface area contributed by atoms with Crippen LogP contribution in [-0.2, 0) is 14.9 Å². The van der Waals surface area contributed by atoms with Gasteiger partial charge in [0.1, 0.15) is 4.90 Å². The summed E-state index contributed by atoms with van der Waals surface area (Å²) in [5.74, 6) is 0. The lowest BCUT2D eigenvalue weighted by Gasteiger charge is -2.08. The average Bonchev–Trinajstić information content (AvgIpc) is 2.17. The number of hydrogen-bond acceptors (Lipinski definition) is 4. The van der Waals surface area contributed by atoms with Crippen molar-refractivity contribution >= 4 is 10.0 Å². The Labute approximate surface area is 89.3 Å². The van der Waals surface area contributed by atoms with Gasteiger partial charge in [-0.3, -0.25) is 9.82 Å². The zero-order valence-corrected chi connectivity index (χ0v) is 8.55. The van der Waals surface area contributed by atoms with Gasteiger partial charge in [0.2, 0.25) is 0 Å². The molecule has 1 heterocycles. The number of alkyl halides is 3. The van der Waals surface area contributed by atoms with Gasteiger partial charge in [0, 0.05) is 12.4 Å². The van der Waals surface area contributed by atoms with Crippen LogP contribution in [0.5, 0.6) is 0 Å². The molecule has 0 atom stereocenters. The molecule has 5 nitrogen and oxygen atoms in total. The van der Waals surface area contributed by atoms with Crippen LogP contribution >= 0.6 is 0 Å². The zero-order valence-electron chi connectivity index (χ0n) is 7.73. The quantitative estimate of drug-likeness (QED) is 0.811. The minimum atomic E-state index is -4.60. The van der Waals surface area contributed by atoms with E-state index in [0.29, 0.717) is 0 Å². The van der Waals surface area contributed by atoms with Crippen molar-refractivity contribution in [3.8, 4) is 0 Å². The second kappa shape index (κ2) is 4.76. The third-order valence-electron chi connectivity index (χ3n) is 1.35. The fourth-order valence-electron chi connectivity index (χ4n) is 0.743. The SMILES string of the molecule is O=S(=O)(NOCC(F)(F)F)c1cccnc1. The molecule has 0 bridgehead atoms. The molecule has 9 heteroatoms. The summed E-state index contributed by atoms with van der Waals surface area (Å²) < 4.78 is 57.5. The van der Waals surface area contributed by atoms with Crippen molar-refractivity contribution in [1.82, 2.24) is 9.87 Å². The predicted octanol–water partition coefficient (Wildman–Crippen LogP) is 0.854. The van der Waals surface area contributed by atoms with Gasteiger partial charge in [-0.25, -0.2) is 8.42 Å². The first-order valence-corrected chi connectivity index (χ1v) is 5.40. The summed E-state index contributed by atoms with van der Waals surface area (Å²) in [5, 5.41) is 0. The Kier molecular flexibility index (Phi) is 3.83. The molecule has 0 aliphatic heterocycles. The number of hydrogen-bond donors (Lipinski definition) is 1. The highest BCUT2D eigenvalue weighted by Gasteiger charge is 2.29. The maximum Gasteiger partial charge on any atom is 0.413 e. The molecule has 0 aliphatic carbocycles. The van der Waals surface area contributed by atoms with Gasteiger partial charge in [0.15, 0.2) is 6.61 Å². The van der Waals surface area contributed by atoms with Crippen LogP contribution in [0.25, 0.3) is 0 Å². The number of rotatable bonds is 4. The number of aromatic nitrogens is 1. The summed E-state index contributed by atoms with van der Waals surface area (Å²) >= 11 is 0. The molecule has 0 aromatic carbocycles. The molecule has 0 aliphatic rings. The smallest absolute Gasteiger partial charge is 0.277 e. The Morgan fingerprint density at radius 1 is 1.44 bits per heavy atom. The molecule has 1 aromatic heterocycles. The fraction of sp³-hybridized carbons (Fsp3) is 0.286. The Morgan fingerprint density at radius 2 is 2.12 bits per heavy atom. The summed E-state index contributed by atoms with van der Waals surface area (Å²) in [7, 11) is -4.12. The molecule has 1 rings (SSSR count). The Morgan fingerprint density at radius 3 is 2.62 bits per heavy atom. The summed E-state index contributed by atoms with van der Waals surface area (Å²) in [6.07, 6.45) is -2.29. The lowest BCUT2D eigenvalue weighted by atomic mass is 10.5. The molecular formula is C7H7F3N2O3S.